The van der Waals surface area contributed by atoms with Crippen LogP contribution in [0.15, 0.2) is 61.2 Å². The van der Waals surface area contributed by atoms with Crippen molar-refractivity contribution in [3.05, 3.63) is 66.8 Å². The molecule has 4 rings (SSSR count). The molecule has 0 saturated heterocycles. The summed E-state index contributed by atoms with van der Waals surface area (Å²) in [6, 6.07) is 10.1. The highest BCUT2D eigenvalue weighted by Gasteiger charge is 2.33. The molecule has 9 nitrogen and oxygen atoms in total. The van der Waals surface area contributed by atoms with E-state index in [4.69, 9.17) is 0 Å². The highest BCUT2D eigenvalue weighted by atomic mass is 19.4. The van der Waals surface area contributed by atoms with E-state index in [0.29, 0.717) is 18.8 Å². The van der Waals surface area contributed by atoms with Gasteiger partial charge in [-0.2, -0.15) is 0 Å². The molecule has 0 spiro atoms. The van der Waals surface area contributed by atoms with Crippen LogP contribution in [0, 0.1) is 6.92 Å². The summed E-state index contributed by atoms with van der Waals surface area (Å²) in [7, 11) is 7.20. The van der Waals surface area contributed by atoms with Crippen molar-refractivity contribution in [2.24, 2.45) is 7.05 Å². The molecule has 2 N–H and O–H groups in total. The number of likely N-dealkylation sites (N-methyl/N-ethyl adjacent to an activating group) is 2. The maximum atomic E-state index is 13.6. The summed E-state index contributed by atoms with van der Waals surface area (Å²) >= 11 is 0. The van der Waals surface area contributed by atoms with E-state index in [0.717, 1.165) is 28.1 Å². The largest absolute Gasteiger partial charge is 0.573 e. The van der Waals surface area contributed by atoms with Gasteiger partial charge in [0.25, 0.3) is 5.91 Å². The Balaban J connectivity index is 1.82. The Bertz CT molecular complexity index is 1630. The predicted octanol–water partition coefficient (Wildman–Crippen LogP) is 6.01. The van der Waals surface area contributed by atoms with Crippen LogP contribution in [-0.2, 0) is 11.8 Å². The lowest BCUT2D eigenvalue weighted by Crippen LogP contribution is -2.29. The number of carbonyl (C=O) groups excluding carboxylic acids is 1. The van der Waals surface area contributed by atoms with Gasteiger partial charge in [-0.05, 0) is 38.7 Å². The first-order valence-corrected chi connectivity index (χ1v) is 12.8. The molecule has 0 fully saturated rings. The number of carbonyl (C=O) groups is 1. The molecule has 0 aliphatic rings. The number of amides is 1. The van der Waals surface area contributed by atoms with Crippen LogP contribution < -0.4 is 20.3 Å². The number of para-hydroxylation sites is 1. The van der Waals surface area contributed by atoms with Crippen molar-refractivity contribution >= 4 is 39.8 Å². The summed E-state index contributed by atoms with van der Waals surface area (Å²) < 4.78 is 60.5. The maximum Gasteiger partial charge on any atom is 0.573 e. The Morgan fingerprint density at radius 2 is 1.83 bits per heavy atom. The van der Waals surface area contributed by atoms with Gasteiger partial charge in [0.2, 0.25) is 5.95 Å². The van der Waals surface area contributed by atoms with E-state index in [1.807, 2.05) is 68.0 Å². The topological polar surface area (TPSA) is 87.5 Å². The Kier molecular flexibility index (Phi) is 8.71. The van der Waals surface area contributed by atoms with Gasteiger partial charge in [-0.15, -0.1) is 13.2 Å². The summed E-state index contributed by atoms with van der Waals surface area (Å²) in [6.45, 7) is 5.75. The summed E-state index contributed by atoms with van der Waals surface area (Å²) in [5.41, 5.74) is 3.10. The van der Waals surface area contributed by atoms with E-state index in [9.17, 15) is 22.4 Å². The molecule has 4 aromatic rings. The number of anilines is 4. The van der Waals surface area contributed by atoms with Gasteiger partial charge in [-0.3, -0.25) is 4.79 Å². The lowest BCUT2D eigenvalue weighted by Gasteiger charge is -2.26. The van der Waals surface area contributed by atoms with E-state index in [-0.39, 0.29) is 23.0 Å². The van der Waals surface area contributed by atoms with E-state index < -0.39 is 23.8 Å². The van der Waals surface area contributed by atoms with Crippen molar-refractivity contribution in [2.75, 3.05) is 49.8 Å². The van der Waals surface area contributed by atoms with Gasteiger partial charge < -0.3 is 29.7 Å². The molecule has 2 heterocycles. The monoisotopic (exact) mass is 585 g/mol. The number of rotatable bonds is 10. The zero-order valence-electron chi connectivity index (χ0n) is 23.8. The number of nitrogens with zero attached hydrogens (tertiary/aromatic N) is 5. The van der Waals surface area contributed by atoms with Crippen LogP contribution in [0.25, 0.3) is 22.2 Å². The average molecular weight is 586 g/mol. The standard InChI is InChI=1S/C29H31F4N7O2/c1-17-15-34-28(37-26(17)20-16-40(6)23-10-8-7-9-19(20)23)36-22-13-21(35-27(41)18(2)30)24(39(5)12-11-38(3)4)14-25(22)42-29(31,32)33/h7-10,13-16H,2,11-12H2,1,3-6H3,(H,35,41)(H,34,36,37). The van der Waals surface area contributed by atoms with Crippen LogP contribution in [0.1, 0.15) is 5.56 Å². The average Bonchev–Trinajstić information content (AvgIpc) is 3.25. The molecule has 1 amide bonds. The number of hydrogen-bond acceptors (Lipinski definition) is 7. The van der Waals surface area contributed by atoms with Crippen LogP contribution in [0.2, 0.25) is 0 Å². The SMILES string of the molecule is C=C(F)C(=O)Nc1cc(Nc2ncc(C)c(-c3cn(C)c4ccccc34)n2)c(OC(F)(F)F)cc1N(C)CCN(C)C. The van der Waals surface area contributed by atoms with Gasteiger partial charge in [0.1, 0.15) is 0 Å². The summed E-state index contributed by atoms with van der Waals surface area (Å²) in [6.07, 6.45) is -1.57. The van der Waals surface area contributed by atoms with E-state index in [2.05, 4.69) is 31.9 Å². The molecule has 2 aromatic heterocycles. The minimum atomic E-state index is -5.03. The zero-order chi connectivity index (χ0) is 30.8. The quantitative estimate of drug-likeness (QED) is 0.174. The smallest absolute Gasteiger partial charge is 0.403 e. The van der Waals surface area contributed by atoms with Crippen molar-refractivity contribution in [2.45, 2.75) is 13.3 Å². The number of benzene rings is 2. The second kappa shape index (κ2) is 12.1. The second-order valence-corrected chi connectivity index (χ2v) is 10.0. The second-order valence-electron chi connectivity index (χ2n) is 10.0. The number of hydrogen-bond donors (Lipinski definition) is 2. The fraction of sp³-hybridized carbons (Fsp3) is 0.276. The van der Waals surface area contributed by atoms with Crippen LogP contribution in [0.4, 0.5) is 40.6 Å². The van der Waals surface area contributed by atoms with Crippen LogP contribution >= 0.6 is 0 Å². The molecule has 0 unspecified atom stereocenters. The minimum Gasteiger partial charge on any atom is -0.403 e. The summed E-state index contributed by atoms with van der Waals surface area (Å²) in [5, 5.41) is 6.11. The van der Waals surface area contributed by atoms with Crippen LogP contribution in [0.5, 0.6) is 5.75 Å². The molecule has 2 aromatic carbocycles. The first-order chi connectivity index (χ1) is 19.7. The fourth-order valence-corrected chi connectivity index (χ4v) is 4.38. The van der Waals surface area contributed by atoms with Gasteiger partial charge in [-0.1, -0.05) is 24.8 Å². The normalized spacial score (nSPS) is 11.6. The van der Waals surface area contributed by atoms with Gasteiger partial charge in [0, 0.05) is 62.1 Å². The number of nitrogens with one attached hydrogen (secondary N) is 2. The van der Waals surface area contributed by atoms with Gasteiger partial charge in [0.15, 0.2) is 11.6 Å². The molecule has 0 saturated carbocycles. The molecular formula is C29H31F4N7O2. The third-order valence-electron chi connectivity index (χ3n) is 6.48. The molecule has 0 aliphatic heterocycles. The van der Waals surface area contributed by atoms with Crippen molar-refractivity contribution in [1.82, 2.24) is 19.4 Å². The Labute approximate surface area is 240 Å². The van der Waals surface area contributed by atoms with Gasteiger partial charge in [-0.25, -0.2) is 14.4 Å². The number of fused-ring (bicyclic) bond motifs is 1. The van der Waals surface area contributed by atoms with E-state index >= 15 is 0 Å². The van der Waals surface area contributed by atoms with Crippen LogP contribution in [-0.4, -0.2) is 65.9 Å². The Morgan fingerprint density at radius 1 is 1.12 bits per heavy atom. The number of aromatic nitrogens is 3. The highest BCUT2D eigenvalue weighted by Crippen LogP contribution is 2.41. The maximum absolute atomic E-state index is 13.6. The minimum absolute atomic E-state index is 0.0172. The number of alkyl halides is 3. The first-order valence-electron chi connectivity index (χ1n) is 12.8. The molecular weight excluding hydrogens is 554 g/mol. The van der Waals surface area contributed by atoms with E-state index in [1.165, 1.54) is 6.07 Å². The summed E-state index contributed by atoms with van der Waals surface area (Å²) in [5.74, 6) is -3.01. The van der Waals surface area contributed by atoms with E-state index in [1.54, 1.807) is 18.1 Å². The summed E-state index contributed by atoms with van der Waals surface area (Å²) in [4.78, 5) is 24.6. The third kappa shape index (κ3) is 6.97. The number of ether oxygens (including phenoxy) is 1. The number of aryl methyl sites for hydroxylation is 2. The lowest BCUT2D eigenvalue weighted by molar-refractivity contribution is -0.274. The number of halogens is 4. The van der Waals surface area contributed by atoms with Crippen molar-refractivity contribution in [3.8, 4) is 17.0 Å². The molecule has 13 heteroatoms. The van der Waals surface area contributed by atoms with Gasteiger partial charge >= 0.3 is 6.36 Å². The molecule has 0 aliphatic carbocycles. The van der Waals surface area contributed by atoms with Crippen LogP contribution in [0.3, 0.4) is 0 Å². The lowest BCUT2D eigenvalue weighted by atomic mass is 10.1. The molecule has 0 atom stereocenters. The van der Waals surface area contributed by atoms with Crippen molar-refractivity contribution in [3.63, 3.8) is 0 Å². The first kappa shape index (κ1) is 30.3. The molecule has 42 heavy (non-hydrogen) atoms. The molecule has 0 radical (unpaired) electrons. The van der Waals surface area contributed by atoms with Crippen molar-refractivity contribution < 1.29 is 27.1 Å². The van der Waals surface area contributed by atoms with Gasteiger partial charge in [0.05, 0.1) is 22.8 Å². The predicted molar refractivity (Wildman–Crippen MR) is 156 cm³/mol. The fourth-order valence-electron chi connectivity index (χ4n) is 4.38. The highest BCUT2D eigenvalue weighted by molar-refractivity contribution is 6.04. The Hall–Kier alpha value is -4.65. The molecule has 0 bridgehead atoms. The molecule has 222 valence electrons. The zero-order valence-corrected chi connectivity index (χ0v) is 23.8. The van der Waals surface area contributed by atoms with Crippen molar-refractivity contribution in [1.29, 1.82) is 0 Å². The third-order valence-corrected chi connectivity index (χ3v) is 6.48. The Morgan fingerprint density at radius 3 is 2.50 bits per heavy atom.